The summed E-state index contributed by atoms with van der Waals surface area (Å²) in [6.07, 6.45) is 5.73. The molecular weight excluding hydrogens is 346 g/mol. The van der Waals surface area contributed by atoms with Gasteiger partial charge in [0.2, 0.25) is 11.8 Å². The molecule has 0 atom stereocenters. The fourth-order valence-electron chi connectivity index (χ4n) is 2.75. The van der Waals surface area contributed by atoms with E-state index in [1.165, 1.54) is 6.26 Å². The molecular formula is C20H19N3O4. The predicted octanol–water partition coefficient (Wildman–Crippen LogP) is 3.93. The number of carbonyl (C=O) groups excluding carboxylic acids is 1. The molecule has 27 heavy (non-hydrogen) atoms. The summed E-state index contributed by atoms with van der Waals surface area (Å²) in [5.74, 6) is 1.10. The van der Waals surface area contributed by atoms with E-state index in [9.17, 15) is 4.79 Å². The molecule has 7 heteroatoms. The van der Waals surface area contributed by atoms with Crippen LogP contribution in [0.1, 0.15) is 29.8 Å². The summed E-state index contributed by atoms with van der Waals surface area (Å²) in [5, 5.41) is 2.83. The number of ether oxygens (including phenoxy) is 2. The Kier molecular flexibility index (Phi) is 5.00. The summed E-state index contributed by atoms with van der Waals surface area (Å²) in [7, 11) is 0. The van der Waals surface area contributed by atoms with Gasteiger partial charge in [0.25, 0.3) is 5.91 Å². The number of anilines is 1. The molecule has 2 aromatic heterocycles. The molecule has 0 spiro atoms. The van der Waals surface area contributed by atoms with Crippen molar-refractivity contribution in [2.75, 3.05) is 18.5 Å². The van der Waals surface area contributed by atoms with E-state index in [0.717, 1.165) is 19.3 Å². The van der Waals surface area contributed by atoms with Gasteiger partial charge in [0, 0.05) is 17.8 Å². The number of rotatable bonds is 0. The number of nitrogens with one attached hydrogen (secondary N) is 1. The summed E-state index contributed by atoms with van der Waals surface area (Å²) in [5.41, 5.74) is 1.49. The van der Waals surface area contributed by atoms with E-state index >= 15 is 0 Å². The maximum Gasteiger partial charge on any atom is 0.277 e. The normalized spacial score (nSPS) is 14.9. The van der Waals surface area contributed by atoms with Crippen LogP contribution in [-0.4, -0.2) is 29.1 Å². The number of hydrogen-bond donors (Lipinski definition) is 1. The van der Waals surface area contributed by atoms with Crippen LogP contribution in [0.2, 0.25) is 0 Å². The summed E-state index contributed by atoms with van der Waals surface area (Å²) in [6.45, 7) is 1.14. The average Bonchev–Trinajstić information content (AvgIpc) is 3.18. The molecule has 3 heterocycles. The average molecular weight is 365 g/mol. The molecule has 0 fully saturated rings. The zero-order valence-electron chi connectivity index (χ0n) is 14.7. The van der Waals surface area contributed by atoms with E-state index in [1.54, 1.807) is 24.4 Å². The van der Waals surface area contributed by atoms with E-state index in [1.807, 2.05) is 18.2 Å². The first-order valence-electron chi connectivity index (χ1n) is 8.87. The lowest BCUT2D eigenvalue weighted by molar-refractivity contribution is 0.102. The van der Waals surface area contributed by atoms with Gasteiger partial charge in [0.05, 0.1) is 18.9 Å². The first kappa shape index (κ1) is 17.1. The second kappa shape index (κ2) is 7.90. The van der Waals surface area contributed by atoms with E-state index in [0.29, 0.717) is 42.0 Å². The second-order valence-electron chi connectivity index (χ2n) is 6.13. The highest BCUT2D eigenvalue weighted by molar-refractivity contribution is 6.03. The van der Waals surface area contributed by atoms with Crippen molar-refractivity contribution in [3.8, 4) is 23.1 Å². The van der Waals surface area contributed by atoms with Crippen molar-refractivity contribution in [3.63, 3.8) is 0 Å². The summed E-state index contributed by atoms with van der Waals surface area (Å²) in [6, 6.07) is 10.9. The number of para-hydroxylation sites is 2. The highest BCUT2D eigenvalue weighted by Gasteiger charge is 2.16. The molecule has 0 saturated carbocycles. The fourth-order valence-corrected chi connectivity index (χ4v) is 2.75. The van der Waals surface area contributed by atoms with Crippen LogP contribution in [0.25, 0.3) is 11.5 Å². The predicted molar refractivity (Wildman–Crippen MR) is 99.0 cm³/mol. The van der Waals surface area contributed by atoms with Crippen molar-refractivity contribution in [1.29, 1.82) is 0 Å². The van der Waals surface area contributed by atoms with Gasteiger partial charge < -0.3 is 19.2 Å². The second-order valence-corrected chi connectivity index (χ2v) is 6.13. The molecule has 1 aliphatic rings. The van der Waals surface area contributed by atoms with Gasteiger partial charge in [-0.2, -0.15) is 0 Å². The molecule has 4 rings (SSSR count). The van der Waals surface area contributed by atoms with Crippen molar-refractivity contribution in [2.45, 2.75) is 19.3 Å². The first-order valence-corrected chi connectivity index (χ1v) is 8.87. The Morgan fingerprint density at radius 2 is 1.85 bits per heavy atom. The molecule has 1 amide bonds. The summed E-state index contributed by atoms with van der Waals surface area (Å²) >= 11 is 0. The monoisotopic (exact) mass is 365 g/mol. The van der Waals surface area contributed by atoms with Gasteiger partial charge in [-0.15, -0.1) is 0 Å². The number of amides is 1. The van der Waals surface area contributed by atoms with Crippen LogP contribution in [-0.2, 0) is 0 Å². The number of oxazole rings is 1. The number of aromatic nitrogens is 2. The minimum Gasteiger partial charge on any atom is -0.491 e. The van der Waals surface area contributed by atoms with Crippen LogP contribution in [0.3, 0.4) is 0 Å². The van der Waals surface area contributed by atoms with Gasteiger partial charge in [0.15, 0.2) is 5.69 Å². The highest BCUT2D eigenvalue weighted by Crippen LogP contribution is 2.26. The molecule has 1 aliphatic heterocycles. The Balaban J connectivity index is 1.64. The summed E-state index contributed by atoms with van der Waals surface area (Å²) < 4.78 is 17.0. The Labute approximate surface area is 156 Å². The lowest BCUT2D eigenvalue weighted by atomic mass is 10.2. The van der Waals surface area contributed by atoms with Crippen molar-refractivity contribution in [3.05, 3.63) is 54.6 Å². The van der Waals surface area contributed by atoms with Gasteiger partial charge >= 0.3 is 0 Å². The molecule has 0 radical (unpaired) electrons. The third kappa shape index (κ3) is 4.08. The van der Waals surface area contributed by atoms with Gasteiger partial charge in [-0.05, 0) is 37.5 Å². The lowest BCUT2D eigenvalue weighted by Gasteiger charge is -2.12. The van der Waals surface area contributed by atoms with Crippen LogP contribution < -0.4 is 14.8 Å². The van der Waals surface area contributed by atoms with E-state index in [-0.39, 0.29) is 11.6 Å². The number of fused-ring (bicyclic) bond motifs is 6. The van der Waals surface area contributed by atoms with Crippen molar-refractivity contribution in [2.24, 2.45) is 0 Å². The molecule has 0 aliphatic carbocycles. The van der Waals surface area contributed by atoms with Gasteiger partial charge in [0.1, 0.15) is 12.0 Å². The maximum atomic E-state index is 12.5. The number of carbonyl (C=O) groups is 1. The zero-order valence-corrected chi connectivity index (χ0v) is 14.7. The van der Waals surface area contributed by atoms with Crippen LogP contribution in [0.5, 0.6) is 11.6 Å². The van der Waals surface area contributed by atoms with Crippen molar-refractivity contribution in [1.82, 2.24) is 9.97 Å². The standard InChI is InChI=1S/C20H19N3O4/c24-19-16-13-27-20(23-16)14-8-9-21-18(12-14)26-11-5-1-4-10-25-17-7-3-2-6-15(17)22-19/h2-3,6-9,12-13H,1,4-5,10-11H2,(H,22,24). The van der Waals surface area contributed by atoms with E-state index in [4.69, 9.17) is 13.9 Å². The van der Waals surface area contributed by atoms with Crippen LogP contribution in [0.4, 0.5) is 5.69 Å². The summed E-state index contributed by atoms with van der Waals surface area (Å²) in [4.78, 5) is 21.0. The Morgan fingerprint density at radius 3 is 2.78 bits per heavy atom. The SMILES string of the molecule is O=C1Nc2ccccc2OCCCCCOc2cc(ccn2)-c2nc1co2. The lowest BCUT2D eigenvalue weighted by Crippen LogP contribution is -2.13. The quantitative estimate of drug-likeness (QED) is 0.649. The number of hydrogen-bond acceptors (Lipinski definition) is 6. The maximum absolute atomic E-state index is 12.5. The third-order valence-corrected chi connectivity index (χ3v) is 4.15. The molecule has 1 N–H and O–H groups in total. The highest BCUT2D eigenvalue weighted by atomic mass is 16.5. The first-order chi connectivity index (χ1) is 13.3. The molecule has 7 nitrogen and oxygen atoms in total. The molecule has 0 saturated heterocycles. The van der Waals surface area contributed by atoms with Gasteiger partial charge in [-0.1, -0.05) is 12.1 Å². The topological polar surface area (TPSA) is 86.5 Å². The van der Waals surface area contributed by atoms with Gasteiger partial charge in [-0.25, -0.2) is 9.97 Å². The van der Waals surface area contributed by atoms with Crippen LogP contribution in [0.15, 0.2) is 53.3 Å². The zero-order chi connectivity index (χ0) is 18.5. The minimum absolute atomic E-state index is 0.184. The number of nitrogens with zero attached hydrogens (tertiary/aromatic N) is 2. The van der Waals surface area contributed by atoms with Crippen molar-refractivity contribution >= 4 is 11.6 Å². The fraction of sp³-hybridized carbons (Fsp3) is 0.250. The molecule has 0 unspecified atom stereocenters. The van der Waals surface area contributed by atoms with Gasteiger partial charge in [-0.3, -0.25) is 4.79 Å². The minimum atomic E-state index is -0.365. The van der Waals surface area contributed by atoms with Crippen LogP contribution >= 0.6 is 0 Å². The molecule has 4 bridgehead atoms. The number of benzene rings is 1. The molecule has 138 valence electrons. The molecule has 3 aromatic rings. The molecule has 1 aromatic carbocycles. The van der Waals surface area contributed by atoms with Crippen LogP contribution in [0, 0.1) is 0 Å². The van der Waals surface area contributed by atoms with Crippen molar-refractivity contribution < 1.29 is 18.7 Å². The third-order valence-electron chi connectivity index (χ3n) is 4.15. The smallest absolute Gasteiger partial charge is 0.277 e. The number of pyridine rings is 1. The van der Waals surface area contributed by atoms with E-state index in [2.05, 4.69) is 15.3 Å². The Hall–Kier alpha value is -3.35. The Morgan fingerprint density at radius 1 is 1.00 bits per heavy atom. The largest absolute Gasteiger partial charge is 0.491 e. The van der Waals surface area contributed by atoms with E-state index < -0.39 is 0 Å². The Bertz CT molecular complexity index is 938.